The van der Waals surface area contributed by atoms with Gasteiger partial charge in [-0.05, 0) is 48.6 Å². The summed E-state index contributed by atoms with van der Waals surface area (Å²) in [6.45, 7) is 3.52. The lowest BCUT2D eigenvalue weighted by Crippen LogP contribution is -2.31. The standard InChI is InChI=1S/C18H18BrNO/c1-13-16(9-4-10-17(13)19)18(21)20-11-5-8-14-6-2-3-7-15(14)12-20/h2-4,6-7,9-10H,5,8,11-12H2,1H3. The first-order valence-electron chi connectivity index (χ1n) is 7.28. The third kappa shape index (κ3) is 2.88. The smallest absolute Gasteiger partial charge is 0.254 e. The monoisotopic (exact) mass is 343 g/mol. The molecule has 0 saturated heterocycles. The molecule has 21 heavy (non-hydrogen) atoms. The molecule has 0 aliphatic carbocycles. The molecule has 2 aromatic carbocycles. The quantitative estimate of drug-likeness (QED) is 0.753. The van der Waals surface area contributed by atoms with Crippen LogP contribution in [0.25, 0.3) is 0 Å². The van der Waals surface area contributed by atoms with Crippen LogP contribution in [0.15, 0.2) is 46.9 Å². The molecule has 0 unspecified atom stereocenters. The van der Waals surface area contributed by atoms with Gasteiger partial charge in [0.05, 0.1) is 0 Å². The van der Waals surface area contributed by atoms with Crippen LogP contribution >= 0.6 is 15.9 Å². The maximum Gasteiger partial charge on any atom is 0.254 e. The van der Waals surface area contributed by atoms with Gasteiger partial charge in [0.25, 0.3) is 5.91 Å². The minimum atomic E-state index is 0.130. The second-order valence-corrected chi connectivity index (χ2v) is 6.37. The number of hydrogen-bond donors (Lipinski definition) is 0. The van der Waals surface area contributed by atoms with Crippen LogP contribution in [0.5, 0.6) is 0 Å². The average Bonchev–Trinajstić information content (AvgIpc) is 2.71. The number of halogens is 1. The number of aryl methyl sites for hydroxylation is 1. The number of nitrogens with zero attached hydrogens (tertiary/aromatic N) is 1. The molecule has 0 atom stereocenters. The largest absolute Gasteiger partial charge is 0.334 e. The summed E-state index contributed by atoms with van der Waals surface area (Å²) in [6.07, 6.45) is 2.08. The van der Waals surface area contributed by atoms with Crippen LogP contribution in [0.1, 0.15) is 33.5 Å². The third-order valence-corrected chi connectivity index (χ3v) is 5.00. The van der Waals surface area contributed by atoms with Crippen molar-refractivity contribution in [3.05, 3.63) is 69.2 Å². The molecule has 0 aromatic heterocycles. The highest BCUT2D eigenvalue weighted by Gasteiger charge is 2.21. The Hall–Kier alpha value is -1.61. The molecule has 0 spiro atoms. The third-order valence-electron chi connectivity index (χ3n) is 4.14. The van der Waals surface area contributed by atoms with E-state index in [1.165, 1.54) is 11.1 Å². The molecule has 108 valence electrons. The highest BCUT2D eigenvalue weighted by Crippen LogP contribution is 2.24. The summed E-state index contributed by atoms with van der Waals surface area (Å²) in [4.78, 5) is 14.8. The van der Waals surface area contributed by atoms with E-state index in [1.54, 1.807) is 0 Å². The summed E-state index contributed by atoms with van der Waals surface area (Å²) >= 11 is 3.51. The van der Waals surface area contributed by atoms with Crippen molar-refractivity contribution in [2.75, 3.05) is 6.54 Å². The van der Waals surface area contributed by atoms with Crippen molar-refractivity contribution in [3.63, 3.8) is 0 Å². The van der Waals surface area contributed by atoms with Gasteiger partial charge in [-0.15, -0.1) is 0 Å². The Labute approximate surface area is 133 Å². The summed E-state index contributed by atoms with van der Waals surface area (Å²) in [5.41, 5.74) is 4.46. The molecule has 2 nitrogen and oxygen atoms in total. The molecule has 0 fully saturated rings. The van der Waals surface area contributed by atoms with Gasteiger partial charge in [0.15, 0.2) is 0 Å². The first kappa shape index (κ1) is 14.3. The molecule has 2 aromatic rings. The van der Waals surface area contributed by atoms with Crippen LogP contribution in [-0.4, -0.2) is 17.4 Å². The Morgan fingerprint density at radius 2 is 1.86 bits per heavy atom. The van der Waals surface area contributed by atoms with E-state index < -0.39 is 0 Å². The Morgan fingerprint density at radius 3 is 2.67 bits per heavy atom. The Balaban J connectivity index is 1.90. The lowest BCUT2D eigenvalue weighted by atomic mass is 10.0. The Bertz CT molecular complexity index is 681. The summed E-state index contributed by atoms with van der Waals surface area (Å²) in [5, 5.41) is 0. The fraction of sp³-hybridized carbons (Fsp3) is 0.278. The molecular weight excluding hydrogens is 326 g/mol. The minimum Gasteiger partial charge on any atom is -0.334 e. The van der Waals surface area contributed by atoms with Crippen LogP contribution in [0.3, 0.4) is 0 Å². The first-order chi connectivity index (χ1) is 10.2. The summed E-state index contributed by atoms with van der Waals surface area (Å²) in [6, 6.07) is 14.3. The number of carbonyl (C=O) groups excluding carboxylic acids is 1. The highest BCUT2D eigenvalue weighted by atomic mass is 79.9. The second kappa shape index (κ2) is 6.02. The van der Waals surface area contributed by atoms with Crippen LogP contribution in [0.4, 0.5) is 0 Å². The van der Waals surface area contributed by atoms with E-state index >= 15 is 0 Å². The van der Waals surface area contributed by atoms with Gasteiger partial charge in [0.2, 0.25) is 0 Å². The van der Waals surface area contributed by atoms with Crippen molar-refractivity contribution in [2.45, 2.75) is 26.3 Å². The summed E-state index contributed by atoms with van der Waals surface area (Å²) in [7, 11) is 0. The molecule has 1 aliphatic rings. The van der Waals surface area contributed by atoms with E-state index in [4.69, 9.17) is 0 Å². The highest BCUT2D eigenvalue weighted by molar-refractivity contribution is 9.10. The molecule has 1 heterocycles. The molecule has 0 saturated carbocycles. The number of benzene rings is 2. The lowest BCUT2D eigenvalue weighted by molar-refractivity contribution is 0.0745. The molecule has 1 aliphatic heterocycles. The predicted octanol–water partition coefficient (Wildman–Crippen LogP) is 4.35. The van der Waals surface area contributed by atoms with E-state index in [1.807, 2.05) is 30.0 Å². The minimum absolute atomic E-state index is 0.130. The van der Waals surface area contributed by atoms with Crippen LogP contribution < -0.4 is 0 Å². The van der Waals surface area contributed by atoms with E-state index in [-0.39, 0.29) is 5.91 Å². The van der Waals surface area contributed by atoms with Gasteiger partial charge >= 0.3 is 0 Å². The molecule has 3 heteroatoms. The van der Waals surface area contributed by atoms with Crippen molar-refractivity contribution in [1.29, 1.82) is 0 Å². The zero-order valence-corrected chi connectivity index (χ0v) is 13.7. The zero-order valence-electron chi connectivity index (χ0n) is 12.1. The molecule has 1 amide bonds. The first-order valence-corrected chi connectivity index (χ1v) is 8.07. The topological polar surface area (TPSA) is 20.3 Å². The van der Waals surface area contributed by atoms with Crippen molar-refractivity contribution in [1.82, 2.24) is 4.90 Å². The van der Waals surface area contributed by atoms with Gasteiger partial charge in [0, 0.05) is 23.1 Å². The summed E-state index contributed by atoms with van der Waals surface area (Å²) in [5.74, 6) is 0.130. The Kier molecular flexibility index (Phi) is 4.11. The number of carbonyl (C=O) groups is 1. The van der Waals surface area contributed by atoms with Crippen LogP contribution in [-0.2, 0) is 13.0 Å². The van der Waals surface area contributed by atoms with Gasteiger partial charge in [-0.3, -0.25) is 4.79 Å². The van der Waals surface area contributed by atoms with Crippen molar-refractivity contribution in [3.8, 4) is 0 Å². The predicted molar refractivity (Wildman–Crippen MR) is 88.4 cm³/mol. The fourth-order valence-electron chi connectivity index (χ4n) is 2.88. The molecular formula is C18H18BrNO. The number of rotatable bonds is 1. The van der Waals surface area contributed by atoms with E-state index in [9.17, 15) is 4.79 Å². The lowest BCUT2D eigenvalue weighted by Gasteiger charge is -2.22. The molecule has 0 bridgehead atoms. The fourth-order valence-corrected chi connectivity index (χ4v) is 3.25. The molecule has 0 radical (unpaired) electrons. The van der Waals surface area contributed by atoms with E-state index in [0.29, 0.717) is 6.54 Å². The number of amides is 1. The summed E-state index contributed by atoms with van der Waals surface area (Å²) < 4.78 is 0.989. The number of fused-ring (bicyclic) bond motifs is 1. The number of hydrogen-bond acceptors (Lipinski definition) is 1. The van der Waals surface area contributed by atoms with Crippen molar-refractivity contribution in [2.24, 2.45) is 0 Å². The molecule has 3 rings (SSSR count). The van der Waals surface area contributed by atoms with Crippen molar-refractivity contribution < 1.29 is 4.79 Å². The van der Waals surface area contributed by atoms with Crippen molar-refractivity contribution >= 4 is 21.8 Å². The van der Waals surface area contributed by atoms with Gasteiger partial charge in [-0.2, -0.15) is 0 Å². The van der Waals surface area contributed by atoms with Gasteiger partial charge in [-0.1, -0.05) is 46.3 Å². The van der Waals surface area contributed by atoms with Gasteiger partial charge in [0.1, 0.15) is 0 Å². The SMILES string of the molecule is Cc1c(Br)cccc1C(=O)N1CCCc2ccccc2C1. The average molecular weight is 344 g/mol. The molecule has 0 N–H and O–H groups in total. The van der Waals surface area contributed by atoms with E-state index in [0.717, 1.165) is 35.0 Å². The Morgan fingerprint density at radius 1 is 1.10 bits per heavy atom. The second-order valence-electron chi connectivity index (χ2n) is 5.51. The van der Waals surface area contributed by atoms with Gasteiger partial charge < -0.3 is 4.90 Å². The van der Waals surface area contributed by atoms with Gasteiger partial charge in [-0.25, -0.2) is 0 Å². The van der Waals surface area contributed by atoms with E-state index in [2.05, 4.69) is 40.2 Å². The van der Waals surface area contributed by atoms with Crippen LogP contribution in [0, 0.1) is 6.92 Å². The zero-order chi connectivity index (χ0) is 14.8. The van der Waals surface area contributed by atoms with Crippen LogP contribution in [0.2, 0.25) is 0 Å². The maximum atomic E-state index is 12.8. The normalized spacial score (nSPS) is 14.5. The maximum absolute atomic E-state index is 12.8.